The number of anilines is 1. The Hall–Kier alpha value is -1.65. The Morgan fingerprint density at radius 2 is 1.84 bits per heavy atom. The molecule has 31 heavy (non-hydrogen) atoms. The van der Waals surface area contributed by atoms with Crippen LogP contribution in [0, 0.1) is 23.5 Å². The van der Waals surface area contributed by atoms with Gasteiger partial charge in [-0.05, 0) is 50.2 Å². The molecule has 0 radical (unpaired) electrons. The fraction of sp³-hybridized carbons (Fsp3) is 0.636. The Kier molecular flexibility index (Phi) is 10.2. The van der Waals surface area contributed by atoms with E-state index < -0.39 is 11.6 Å². The lowest BCUT2D eigenvalue weighted by molar-refractivity contribution is -0.121. The van der Waals surface area contributed by atoms with E-state index in [2.05, 4.69) is 27.4 Å². The topological polar surface area (TPSA) is 60.0 Å². The number of guanidine groups is 1. The summed E-state index contributed by atoms with van der Waals surface area (Å²) < 4.78 is 26.7. The van der Waals surface area contributed by atoms with Crippen molar-refractivity contribution in [1.29, 1.82) is 0 Å². The van der Waals surface area contributed by atoms with Gasteiger partial charge in [0.2, 0.25) is 5.91 Å². The predicted molar refractivity (Wildman–Crippen MR) is 131 cm³/mol. The molecule has 0 aliphatic carbocycles. The van der Waals surface area contributed by atoms with Gasteiger partial charge >= 0.3 is 0 Å². The maximum Gasteiger partial charge on any atom is 0.220 e. The molecule has 6 nitrogen and oxygen atoms in total. The van der Waals surface area contributed by atoms with Crippen molar-refractivity contribution < 1.29 is 13.6 Å². The molecule has 1 unspecified atom stereocenters. The number of hydrogen-bond donors (Lipinski definition) is 2. The summed E-state index contributed by atoms with van der Waals surface area (Å²) in [6.07, 6.45) is 3.56. The zero-order valence-electron chi connectivity index (χ0n) is 18.4. The second kappa shape index (κ2) is 12.4. The van der Waals surface area contributed by atoms with Crippen LogP contribution >= 0.6 is 24.0 Å². The minimum absolute atomic E-state index is 0. The number of nitrogens with one attached hydrogen (secondary N) is 2. The third kappa shape index (κ3) is 7.18. The molecule has 2 heterocycles. The molecule has 174 valence electrons. The first-order valence-corrected chi connectivity index (χ1v) is 10.9. The Morgan fingerprint density at radius 1 is 1.13 bits per heavy atom. The second-order valence-corrected chi connectivity index (χ2v) is 8.20. The van der Waals surface area contributed by atoms with E-state index >= 15 is 0 Å². The lowest BCUT2D eigenvalue weighted by Crippen LogP contribution is -2.46. The number of carbonyl (C=O) groups is 1. The standard InChI is InChI=1S/C22H33F2N5O.HI/c1-3-26-22(28-9-6-16(7-10-28)12-21(30)25-2)27-14-17-8-11-29(15-17)18-4-5-19(23)20(24)13-18;/h4-5,13,16-17H,3,6-12,14-15H2,1-2H3,(H,25,30)(H,26,27);1H. The molecule has 2 fully saturated rings. The first-order valence-electron chi connectivity index (χ1n) is 10.9. The molecule has 0 spiro atoms. The highest BCUT2D eigenvalue weighted by molar-refractivity contribution is 14.0. The number of aliphatic imine (C=N–C) groups is 1. The molecule has 1 aromatic rings. The Morgan fingerprint density at radius 3 is 2.48 bits per heavy atom. The maximum atomic E-state index is 13.5. The predicted octanol–water partition coefficient (Wildman–Crippen LogP) is 3.22. The Balaban J connectivity index is 0.00000341. The summed E-state index contributed by atoms with van der Waals surface area (Å²) in [7, 11) is 1.68. The van der Waals surface area contributed by atoms with Crippen molar-refractivity contribution in [3.05, 3.63) is 29.8 Å². The van der Waals surface area contributed by atoms with Gasteiger partial charge in [0.1, 0.15) is 0 Å². The van der Waals surface area contributed by atoms with Crippen molar-refractivity contribution in [2.75, 3.05) is 51.2 Å². The van der Waals surface area contributed by atoms with Gasteiger partial charge in [0.25, 0.3) is 0 Å². The summed E-state index contributed by atoms with van der Waals surface area (Å²) in [5.41, 5.74) is 0.727. The van der Waals surface area contributed by atoms with Crippen LogP contribution in [-0.2, 0) is 4.79 Å². The molecule has 0 bridgehead atoms. The largest absolute Gasteiger partial charge is 0.371 e. The van der Waals surface area contributed by atoms with E-state index in [1.807, 2.05) is 0 Å². The molecule has 9 heteroatoms. The second-order valence-electron chi connectivity index (χ2n) is 8.20. The van der Waals surface area contributed by atoms with E-state index in [0.29, 0.717) is 24.8 Å². The first kappa shape index (κ1) is 25.6. The molecular formula is C22H34F2IN5O. The van der Waals surface area contributed by atoms with Crippen molar-refractivity contribution >= 4 is 41.5 Å². The lowest BCUT2D eigenvalue weighted by atomic mass is 9.93. The van der Waals surface area contributed by atoms with E-state index in [9.17, 15) is 13.6 Å². The number of hydrogen-bond acceptors (Lipinski definition) is 3. The van der Waals surface area contributed by atoms with Gasteiger partial charge in [-0.1, -0.05) is 0 Å². The SMILES string of the molecule is CCNC(=NCC1CCN(c2ccc(F)c(F)c2)C1)N1CCC(CC(=O)NC)CC1.I. The van der Waals surface area contributed by atoms with Crippen LogP contribution in [0.2, 0.25) is 0 Å². The molecule has 0 saturated carbocycles. The maximum absolute atomic E-state index is 13.5. The number of benzene rings is 1. The van der Waals surface area contributed by atoms with Crippen LogP contribution in [0.5, 0.6) is 0 Å². The van der Waals surface area contributed by atoms with Gasteiger partial charge in [-0.15, -0.1) is 24.0 Å². The van der Waals surface area contributed by atoms with Crippen molar-refractivity contribution in [2.24, 2.45) is 16.8 Å². The number of amides is 1. The van der Waals surface area contributed by atoms with E-state index in [4.69, 9.17) is 4.99 Å². The smallest absolute Gasteiger partial charge is 0.220 e. The number of piperidine rings is 1. The van der Waals surface area contributed by atoms with Crippen molar-refractivity contribution in [1.82, 2.24) is 15.5 Å². The summed E-state index contributed by atoms with van der Waals surface area (Å²) in [4.78, 5) is 20.9. The van der Waals surface area contributed by atoms with Gasteiger partial charge in [0.15, 0.2) is 17.6 Å². The highest BCUT2D eigenvalue weighted by Gasteiger charge is 2.25. The number of likely N-dealkylation sites (tertiary alicyclic amines) is 1. The van der Waals surface area contributed by atoms with Crippen LogP contribution < -0.4 is 15.5 Å². The van der Waals surface area contributed by atoms with Crippen molar-refractivity contribution in [2.45, 2.75) is 32.6 Å². The molecule has 2 N–H and O–H groups in total. The van der Waals surface area contributed by atoms with Gasteiger partial charge in [0.05, 0.1) is 0 Å². The Bertz CT molecular complexity index is 755. The molecule has 2 saturated heterocycles. The molecule has 2 aliphatic heterocycles. The van der Waals surface area contributed by atoms with Crippen molar-refractivity contribution in [3.8, 4) is 0 Å². The molecule has 1 aromatic carbocycles. The van der Waals surface area contributed by atoms with E-state index in [1.54, 1.807) is 13.1 Å². The van der Waals surface area contributed by atoms with Crippen LogP contribution in [0.3, 0.4) is 0 Å². The van der Waals surface area contributed by atoms with Crippen LogP contribution in [0.25, 0.3) is 0 Å². The van der Waals surface area contributed by atoms with Crippen LogP contribution in [0.1, 0.15) is 32.6 Å². The van der Waals surface area contributed by atoms with Gasteiger partial charge in [-0.2, -0.15) is 0 Å². The average Bonchev–Trinajstić information content (AvgIpc) is 3.22. The van der Waals surface area contributed by atoms with Crippen LogP contribution in [0.4, 0.5) is 14.5 Å². The fourth-order valence-electron chi connectivity index (χ4n) is 4.25. The van der Waals surface area contributed by atoms with Crippen LogP contribution in [0.15, 0.2) is 23.2 Å². The molecule has 3 rings (SSSR count). The quantitative estimate of drug-likeness (QED) is 0.325. The molecule has 1 amide bonds. The minimum Gasteiger partial charge on any atom is -0.371 e. The summed E-state index contributed by atoms with van der Waals surface area (Å²) in [6, 6.07) is 4.10. The number of nitrogens with zero attached hydrogens (tertiary/aromatic N) is 3. The number of halogens is 3. The zero-order valence-corrected chi connectivity index (χ0v) is 20.7. The van der Waals surface area contributed by atoms with E-state index in [-0.39, 0.29) is 29.9 Å². The summed E-state index contributed by atoms with van der Waals surface area (Å²) in [5.74, 6) is 0.251. The minimum atomic E-state index is -0.812. The van der Waals surface area contributed by atoms with Crippen LogP contribution in [-0.4, -0.2) is 63.1 Å². The van der Waals surface area contributed by atoms with Crippen molar-refractivity contribution in [3.63, 3.8) is 0 Å². The normalized spacial score (nSPS) is 19.9. The Labute approximate surface area is 200 Å². The molecule has 2 aliphatic rings. The van der Waals surface area contributed by atoms with Gasteiger partial charge < -0.3 is 20.4 Å². The lowest BCUT2D eigenvalue weighted by Gasteiger charge is -2.34. The molecular weight excluding hydrogens is 515 g/mol. The zero-order chi connectivity index (χ0) is 21.5. The summed E-state index contributed by atoms with van der Waals surface area (Å²) in [5, 5.41) is 6.10. The third-order valence-corrected chi connectivity index (χ3v) is 6.06. The van der Waals surface area contributed by atoms with Gasteiger partial charge in [-0.3, -0.25) is 9.79 Å². The highest BCUT2D eigenvalue weighted by Crippen LogP contribution is 2.26. The fourth-order valence-corrected chi connectivity index (χ4v) is 4.25. The monoisotopic (exact) mass is 549 g/mol. The molecule has 1 atom stereocenters. The first-order chi connectivity index (χ1) is 14.5. The summed E-state index contributed by atoms with van der Waals surface area (Å²) in [6.45, 7) is 7.00. The summed E-state index contributed by atoms with van der Waals surface area (Å²) >= 11 is 0. The number of carbonyl (C=O) groups excluding carboxylic acids is 1. The van der Waals surface area contributed by atoms with E-state index in [1.165, 1.54) is 12.1 Å². The van der Waals surface area contributed by atoms with Gasteiger partial charge in [0, 0.05) is 64.5 Å². The molecule has 0 aromatic heterocycles. The highest BCUT2D eigenvalue weighted by atomic mass is 127. The van der Waals surface area contributed by atoms with Gasteiger partial charge in [-0.25, -0.2) is 8.78 Å². The average molecular weight is 549 g/mol. The van der Waals surface area contributed by atoms with E-state index in [0.717, 1.165) is 63.6 Å². The third-order valence-electron chi connectivity index (χ3n) is 6.06. The number of rotatable bonds is 6.